The fourth-order valence-electron chi connectivity index (χ4n) is 1.84. The van der Waals surface area contributed by atoms with Crippen molar-refractivity contribution in [2.75, 3.05) is 6.54 Å². The van der Waals surface area contributed by atoms with Gasteiger partial charge in [0.1, 0.15) is 6.04 Å². The quantitative estimate of drug-likeness (QED) is 0.582. The van der Waals surface area contributed by atoms with E-state index in [1.165, 1.54) is 6.08 Å². The van der Waals surface area contributed by atoms with Gasteiger partial charge >= 0.3 is 5.97 Å². The summed E-state index contributed by atoms with van der Waals surface area (Å²) in [5, 5.41) is 14.5. The first-order valence-electron chi connectivity index (χ1n) is 5.43. The molecule has 3 atom stereocenters. The van der Waals surface area contributed by atoms with Gasteiger partial charge < -0.3 is 15.7 Å². The van der Waals surface area contributed by atoms with Crippen molar-refractivity contribution in [3.8, 4) is 0 Å². The lowest BCUT2D eigenvalue weighted by atomic mass is 10.0. The van der Waals surface area contributed by atoms with Gasteiger partial charge in [-0.2, -0.15) is 0 Å². The minimum atomic E-state index is -1.03. The SMILES string of the molecule is C=CCC(NC(=O)C1NCCC1C)C(=O)O. The molecule has 1 saturated heterocycles. The van der Waals surface area contributed by atoms with Gasteiger partial charge in [-0.25, -0.2) is 4.79 Å². The fraction of sp³-hybridized carbons (Fsp3) is 0.636. The monoisotopic (exact) mass is 226 g/mol. The van der Waals surface area contributed by atoms with Gasteiger partial charge in [-0.1, -0.05) is 13.0 Å². The molecule has 0 bridgehead atoms. The second-order valence-electron chi connectivity index (χ2n) is 4.12. The molecule has 0 aromatic rings. The second kappa shape index (κ2) is 5.65. The number of amides is 1. The molecule has 3 N–H and O–H groups in total. The van der Waals surface area contributed by atoms with Gasteiger partial charge in [0.15, 0.2) is 0 Å². The molecule has 1 rings (SSSR count). The number of carboxylic acids is 1. The highest BCUT2D eigenvalue weighted by molar-refractivity contribution is 5.87. The van der Waals surface area contributed by atoms with Crippen molar-refractivity contribution in [2.24, 2.45) is 5.92 Å². The Bertz CT molecular complexity index is 291. The van der Waals surface area contributed by atoms with E-state index < -0.39 is 12.0 Å². The van der Waals surface area contributed by atoms with E-state index >= 15 is 0 Å². The normalized spacial score (nSPS) is 26.1. The van der Waals surface area contributed by atoms with Gasteiger partial charge in [-0.05, 0) is 25.3 Å². The van der Waals surface area contributed by atoms with E-state index in [9.17, 15) is 9.59 Å². The van der Waals surface area contributed by atoms with E-state index in [1.807, 2.05) is 6.92 Å². The smallest absolute Gasteiger partial charge is 0.326 e. The predicted molar refractivity (Wildman–Crippen MR) is 60.0 cm³/mol. The highest BCUT2D eigenvalue weighted by Crippen LogP contribution is 2.14. The molecular weight excluding hydrogens is 208 g/mol. The van der Waals surface area contributed by atoms with E-state index in [1.54, 1.807) is 0 Å². The maximum Gasteiger partial charge on any atom is 0.326 e. The number of hydrogen-bond acceptors (Lipinski definition) is 3. The molecule has 3 unspecified atom stereocenters. The molecule has 1 aliphatic rings. The molecule has 0 saturated carbocycles. The Balaban J connectivity index is 2.53. The number of nitrogens with one attached hydrogen (secondary N) is 2. The predicted octanol–water partition coefficient (Wildman–Crippen LogP) is 0.130. The van der Waals surface area contributed by atoms with E-state index in [2.05, 4.69) is 17.2 Å². The van der Waals surface area contributed by atoms with Crippen LogP contribution in [0, 0.1) is 5.92 Å². The Morgan fingerprint density at radius 2 is 2.38 bits per heavy atom. The summed E-state index contributed by atoms with van der Waals surface area (Å²) in [6.45, 7) is 6.26. The first-order chi connectivity index (χ1) is 7.56. The van der Waals surface area contributed by atoms with Crippen LogP contribution in [0.25, 0.3) is 0 Å². The summed E-state index contributed by atoms with van der Waals surface area (Å²) in [6, 6.07) is -1.15. The number of rotatable bonds is 5. The lowest BCUT2D eigenvalue weighted by Crippen LogP contribution is -2.49. The molecule has 5 heteroatoms. The minimum Gasteiger partial charge on any atom is -0.480 e. The van der Waals surface area contributed by atoms with E-state index in [-0.39, 0.29) is 24.3 Å². The Morgan fingerprint density at radius 1 is 1.69 bits per heavy atom. The molecule has 1 fully saturated rings. The van der Waals surface area contributed by atoms with Crippen LogP contribution in [-0.4, -0.2) is 35.6 Å². The third kappa shape index (κ3) is 3.06. The fourth-order valence-corrected chi connectivity index (χ4v) is 1.84. The van der Waals surface area contributed by atoms with Crippen LogP contribution in [-0.2, 0) is 9.59 Å². The Labute approximate surface area is 94.9 Å². The summed E-state index contributed by atoms with van der Waals surface area (Å²) in [6.07, 6.45) is 2.67. The van der Waals surface area contributed by atoms with Crippen LogP contribution in [0.3, 0.4) is 0 Å². The van der Waals surface area contributed by atoms with E-state index in [0.717, 1.165) is 13.0 Å². The zero-order valence-electron chi connectivity index (χ0n) is 9.40. The standard InChI is InChI=1S/C11H18N2O3/c1-3-4-8(11(15)16)13-10(14)9-7(2)5-6-12-9/h3,7-9,12H,1,4-6H2,2H3,(H,13,14)(H,15,16). The molecule has 0 aromatic carbocycles. The van der Waals surface area contributed by atoms with Crippen LogP contribution in [0.1, 0.15) is 19.8 Å². The lowest BCUT2D eigenvalue weighted by molar-refractivity contribution is -0.142. The minimum absolute atomic E-state index is 0.237. The number of hydrogen-bond donors (Lipinski definition) is 3. The lowest BCUT2D eigenvalue weighted by Gasteiger charge is -2.18. The molecular formula is C11H18N2O3. The van der Waals surface area contributed by atoms with E-state index in [4.69, 9.17) is 5.11 Å². The van der Waals surface area contributed by atoms with Crippen LogP contribution in [0.5, 0.6) is 0 Å². The maximum atomic E-state index is 11.8. The van der Waals surface area contributed by atoms with Gasteiger partial charge in [0.2, 0.25) is 5.91 Å². The molecule has 0 radical (unpaired) electrons. The summed E-state index contributed by atoms with van der Waals surface area (Å²) in [7, 11) is 0. The number of carboxylic acid groups (broad SMARTS) is 1. The largest absolute Gasteiger partial charge is 0.480 e. The average Bonchev–Trinajstić information content (AvgIpc) is 2.63. The Kier molecular flexibility index (Phi) is 4.49. The van der Waals surface area contributed by atoms with Crippen molar-refractivity contribution in [2.45, 2.75) is 31.8 Å². The van der Waals surface area contributed by atoms with Crippen molar-refractivity contribution in [1.29, 1.82) is 0 Å². The van der Waals surface area contributed by atoms with Gasteiger partial charge in [0.25, 0.3) is 0 Å². The Hall–Kier alpha value is -1.36. The van der Waals surface area contributed by atoms with E-state index in [0.29, 0.717) is 0 Å². The van der Waals surface area contributed by atoms with Gasteiger partial charge in [-0.15, -0.1) is 6.58 Å². The Morgan fingerprint density at radius 3 is 2.81 bits per heavy atom. The summed E-state index contributed by atoms with van der Waals surface area (Å²) in [5.41, 5.74) is 0. The van der Waals surface area contributed by atoms with Gasteiger partial charge in [0, 0.05) is 0 Å². The maximum absolute atomic E-state index is 11.8. The summed E-state index contributed by atoms with van der Waals surface area (Å²) < 4.78 is 0. The van der Waals surface area contributed by atoms with Crippen molar-refractivity contribution in [3.05, 3.63) is 12.7 Å². The van der Waals surface area contributed by atoms with Crippen molar-refractivity contribution < 1.29 is 14.7 Å². The molecule has 90 valence electrons. The highest BCUT2D eigenvalue weighted by atomic mass is 16.4. The first kappa shape index (κ1) is 12.7. The zero-order chi connectivity index (χ0) is 12.1. The number of carbonyl (C=O) groups is 2. The molecule has 0 aliphatic carbocycles. The average molecular weight is 226 g/mol. The molecule has 1 aliphatic heterocycles. The van der Waals surface area contributed by atoms with Crippen LogP contribution < -0.4 is 10.6 Å². The molecule has 16 heavy (non-hydrogen) atoms. The topological polar surface area (TPSA) is 78.4 Å². The molecule has 1 amide bonds. The van der Waals surface area contributed by atoms with Crippen LogP contribution in [0.4, 0.5) is 0 Å². The van der Waals surface area contributed by atoms with Crippen LogP contribution >= 0.6 is 0 Å². The third-order valence-electron chi connectivity index (χ3n) is 2.83. The van der Waals surface area contributed by atoms with Gasteiger partial charge in [0.05, 0.1) is 6.04 Å². The molecule has 0 aromatic heterocycles. The van der Waals surface area contributed by atoms with Crippen molar-refractivity contribution in [1.82, 2.24) is 10.6 Å². The molecule has 1 heterocycles. The molecule has 5 nitrogen and oxygen atoms in total. The number of carbonyl (C=O) groups excluding carboxylic acids is 1. The van der Waals surface area contributed by atoms with Crippen molar-refractivity contribution >= 4 is 11.9 Å². The molecule has 0 spiro atoms. The number of aliphatic carboxylic acids is 1. The second-order valence-corrected chi connectivity index (χ2v) is 4.12. The van der Waals surface area contributed by atoms with Crippen molar-refractivity contribution in [3.63, 3.8) is 0 Å². The zero-order valence-corrected chi connectivity index (χ0v) is 9.40. The van der Waals surface area contributed by atoms with Gasteiger partial charge in [-0.3, -0.25) is 4.79 Å². The summed E-state index contributed by atoms with van der Waals surface area (Å²) in [5.74, 6) is -1.02. The van der Waals surface area contributed by atoms with Crippen LogP contribution in [0.2, 0.25) is 0 Å². The van der Waals surface area contributed by atoms with Crippen LogP contribution in [0.15, 0.2) is 12.7 Å². The summed E-state index contributed by atoms with van der Waals surface area (Å²) >= 11 is 0. The highest BCUT2D eigenvalue weighted by Gasteiger charge is 2.31. The first-order valence-corrected chi connectivity index (χ1v) is 5.43. The summed E-state index contributed by atoms with van der Waals surface area (Å²) in [4.78, 5) is 22.6. The third-order valence-corrected chi connectivity index (χ3v) is 2.83.